The van der Waals surface area contributed by atoms with Crippen molar-refractivity contribution in [1.29, 1.82) is 0 Å². The number of ether oxygens (including phenoxy) is 2. The molecule has 1 amide bonds. The Hall–Kier alpha value is -3.60. The van der Waals surface area contributed by atoms with E-state index in [-0.39, 0.29) is 5.70 Å². The number of piperidine rings is 2. The van der Waals surface area contributed by atoms with E-state index < -0.39 is 12.1 Å². The van der Waals surface area contributed by atoms with Crippen LogP contribution in [0.25, 0.3) is 10.3 Å². The Morgan fingerprint density at radius 2 is 1.78 bits per heavy atom. The molecule has 3 aliphatic heterocycles. The minimum absolute atomic E-state index is 0.279. The van der Waals surface area contributed by atoms with Crippen LogP contribution in [0.15, 0.2) is 36.4 Å². The summed E-state index contributed by atoms with van der Waals surface area (Å²) in [5, 5.41) is 1.00. The van der Waals surface area contributed by atoms with E-state index in [0.717, 1.165) is 71.6 Å². The third-order valence-electron chi connectivity index (χ3n) is 7.18. The predicted molar refractivity (Wildman–Crippen MR) is 144 cm³/mol. The van der Waals surface area contributed by atoms with Crippen LogP contribution in [0.4, 0.5) is 16.6 Å². The molecule has 0 bridgehead atoms. The zero-order chi connectivity index (χ0) is 25.4. The second kappa shape index (κ2) is 10.0. The Balaban J connectivity index is 1.49. The number of rotatable bonds is 6. The van der Waals surface area contributed by atoms with Gasteiger partial charge in [0.2, 0.25) is 12.1 Å². The van der Waals surface area contributed by atoms with E-state index in [9.17, 15) is 4.79 Å². The minimum Gasteiger partial charge on any atom is -0.481 e. The van der Waals surface area contributed by atoms with Gasteiger partial charge in [0.15, 0.2) is 16.6 Å². The molecular weight excluding hydrogens is 490 g/mol. The second-order valence-electron chi connectivity index (χ2n) is 9.60. The highest BCUT2D eigenvalue weighted by atomic mass is 32.1. The van der Waals surface area contributed by atoms with Crippen LogP contribution in [0.2, 0.25) is 0 Å². The van der Waals surface area contributed by atoms with Gasteiger partial charge < -0.3 is 25.0 Å². The van der Waals surface area contributed by atoms with E-state index in [2.05, 4.69) is 20.9 Å². The van der Waals surface area contributed by atoms with Gasteiger partial charge in [-0.15, -0.1) is 0 Å². The van der Waals surface area contributed by atoms with Crippen LogP contribution in [0.5, 0.6) is 5.88 Å². The molecule has 1 atom stereocenters. The van der Waals surface area contributed by atoms with Crippen LogP contribution in [0, 0.1) is 0 Å². The smallest absolute Gasteiger partial charge is 0.268 e. The Bertz CT molecular complexity index is 1330. The van der Waals surface area contributed by atoms with Crippen molar-refractivity contribution in [1.82, 2.24) is 15.0 Å². The number of primary amides is 1. The van der Waals surface area contributed by atoms with E-state index in [1.165, 1.54) is 31.9 Å². The Labute approximate surface area is 219 Å². The van der Waals surface area contributed by atoms with Gasteiger partial charge in [0.05, 0.1) is 17.5 Å². The molecule has 11 heteroatoms. The summed E-state index contributed by atoms with van der Waals surface area (Å²) < 4.78 is 12.4. The number of aromatic nitrogens is 3. The van der Waals surface area contributed by atoms with Gasteiger partial charge in [-0.2, -0.15) is 4.98 Å². The first kappa shape index (κ1) is 23.8. The largest absolute Gasteiger partial charge is 0.481 e. The van der Waals surface area contributed by atoms with Crippen molar-refractivity contribution in [3.8, 4) is 5.88 Å². The van der Waals surface area contributed by atoms with Gasteiger partial charge in [-0.1, -0.05) is 11.3 Å². The summed E-state index contributed by atoms with van der Waals surface area (Å²) >= 11 is 1.65. The fraction of sp³-hybridized carbons (Fsp3) is 0.462. The second-order valence-corrected chi connectivity index (χ2v) is 10.6. The van der Waals surface area contributed by atoms with E-state index in [1.54, 1.807) is 24.6 Å². The first-order valence-corrected chi connectivity index (χ1v) is 13.7. The fourth-order valence-corrected chi connectivity index (χ4v) is 6.29. The van der Waals surface area contributed by atoms with Crippen LogP contribution in [0.3, 0.4) is 0 Å². The summed E-state index contributed by atoms with van der Waals surface area (Å²) in [6, 6.07) is 5.75. The molecule has 0 aromatic carbocycles. The van der Waals surface area contributed by atoms with Gasteiger partial charge in [0, 0.05) is 44.0 Å². The van der Waals surface area contributed by atoms with E-state index in [0.29, 0.717) is 5.88 Å². The number of anilines is 3. The quantitative estimate of drug-likeness (QED) is 0.516. The minimum atomic E-state index is -0.614. The SMILES string of the molecule is COc1cc(C2OC=C(C(N)=O)N2c2cc3sc(N4CCCCC4)nc3nc2N2CCCCC2)ccn1. The lowest BCUT2D eigenvalue weighted by atomic mass is 10.1. The molecule has 10 nitrogen and oxygen atoms in total. The molecule has 194 valence electrons. The molecule has 3 aromatic heterocycles. The molecular formula is C26H31N7O3S. The van der Waals surface area contributed by atoms with Crippen molar-refractivity contribution in [2.75, 3.05) is 48.0 Å². The zero-order valence-electron chi connectivity index (χ0n) is 20.9. The number of nitrogens with zero attached hydrogens (tertiary/aromatic N) is 6. The summed E-state index contributed by atoms with van der Waals surface area (Å²) in [4.78, 5) is 33.4. The lowest BCUT2D eigenvalue weighted by Crippen LogP contribution is -2.35. The number of hydrogen-bond donors (Lipinski definition) is 1. The van der Waals surface area contributed by atoms with Crippen molar-refractivity contribution in [2.24, 2.45) is 5.73 Å². The molecule has 0 radical (unpaired) electrons. The van der Waals surface area contributed by atoms with Crippen LogP contribution >= 0.6 is 11.3 Å². The van der Waals surface area contributed by atoms with Crippen molar-refractivity contribution in [2.45, 2.75) is 44.8 Å². The highest BCUT2D eigenvalue weighted by Gasteiger charge is 2.37. The highest BCUT2D eigenvalue weighted by molar-refractivity contribution is 7.22. The normalized spacial score (nSPS) is 20.2. The topological polar surface area (TPSA) is 110 Å². The summed E-state index contributed by atoms with van der Waals surface area (Å²) in [6.07, 6.45) is 9.51. The van der Waals surface area contributed by atoms with Gasteiger partial charge in [-0.05, 0) is 50.7 Å². The Morgan fingerprint density at radius 1 is 1.05 bits per heavy atom. The molecule has 0 spiro atoms. The standard InChI is InChI=1S/C26H31N7O3S/c1-35-21-14-17(8-9-28-21)25-33(19(16-36-25)22(27)34)18-15-20-23(29-24(18)31-10-4-2-5-11-31)30-26(37-20)32-12-6-3-7-13-32/h8-9,14-16,25H,2-7,10-13H2,1H3,(H2,27,34). The third-order valence-corrected chi connectivity index (χ3v) is 8.23. The van der Waals surface area contributed by atoms with Crippen molar-refractivity contribution >= 4 is 44.2 Å². The first-order valence-electron chi connectivity index (χ1n) is 12.9. The maximum absolute atomic E-state index is 12.6. The summed E-state index contributed by atoms with van der Waals surface area (Å²) in [5.41, 5.74) is 8.44. The van der Waals surface area contributed by atoms with Crippen molar-refractivity contribution in [3.05, 3.63) is 41.9 Å². The van der Waals surface area contributed by atoms with E-state index in [4.69, 9.17) is 25.2 Å². The van der Waals surface area contributed by atoms with Gasteiger partial charge in [0.25, 0.3) is 5.91 Å². The lowest BCUT2D eigenvalue weighted by molar-refractivity contribution is -0.114. The number of nitrogens with two attached hydrogens (primary N) is 1. The average Bonchev–Trinajstić information content (AvgIpc) is 3.58. The van der Waals surface area contributed by atoms with Crippen LogP contribution in [0.1, 0.15) is 50.3 Å². The molecule has 0 saturated carbocycles. The Kier molecular flexibility index (Phi) is 6.45. The number of methoxy groups -OCH3 is 1. The maximum atomic E-state index is 12.6. The highest BCUT2D eigenvalue weighted by Crippen LogP contribution is 2.44. The Morgan fingerprint density at radius 3 is 2.49 bits per heavy atom. The molecule has 37 heavy (non-hydrogen) atoms. The third kappa shape index (κ3) is 4.52. The maximum Gasteiger partial charge on any atom is 0.268 e. The number of carbonyl (C=O) groups is 1. The van der Waals surface area contributed by atoms with Crippen molar-refractivity contribution in [3.63, 3.8) is 0 Å². The van der Waals surface area contributed by atoms with E-state index in [1.807, 2.05) is 17.0 Å². The van der Waals surface area contributed by atoms with E-state index >= 15 is 0 Å². The van der Waals surface area contributed by atoms with Gasteiger partial charge in [-0.25, -0.2) is 9.97 Å². The van der Waals surface area contributed by atoms with Gasteiger partial charge >= 0.3 is 0 Å². The van der Waals surface area contributed by atoms with Crippen LogP contribution in [-0.4, -0.2) is 54.1 Å². The predicted octanol–water partition coefficient (Wildman–Crippen LogP) is 3.94. The van der Waals surface area contributed by atoms with Gasteiger partial charge in [-0.3, -0.25) is 9.69 Å². The zero-order valence-corrected chi connectivity index (χ0v) is 21.7. The number of amides is 1. The number of pyridine rings is 2. The number of hydrogen-bond acceptors (Lipinski definition) is 10. The molecule has 2 N–H and O–H groups in total. The molecule has 6 heterocycles. The summed E-state index contributed by atoms with van der Waals surface area (Å²) in [7, 11) is 1.57. The molecule has 0 aliphatic carbocycles. The summed E-state index contributed by atoms with van der Waals surface area (Å²) in [6.45, 7) is 3.83. The molecule has 2 fully saturated rings. The van der Waals surface area contributed by atoms with Crippen molar-refractivity contribution < 1.29 is 14.3 Å². The number of thiazole rings is 1. The number of fused-ring (bicyclic) bond motifs is 1. The lowest BCUT2D eigenvalue weighted by Gasteiger charge is -2.34. The monoisotopic (exact) mass is 521 g/mol. The van der Waals surface area contributed by atoms with Gasteiger partial charge in [0.1, 0.15) is 12.0 Å². The molecule has 3 aromatic rings. The van der Waals surface area contributed by atoms with Crippen LogP contribution < -0.4 is 25.2 Å². The molecule has 6 rings (SSSR count). The fourth-order valence-electron chi connectivity index (χ4n) is 5.29. The molecule has 1 unspecified atom stereocenters. The molecule has 3 aliphatic rings. The van der Waals surface area contributed by atoms with Crippen LogP contribution in [-0.2, 0) is 9.53 Å². The molecule has 2 saturated heterocycles. The number of carbonyl (C=O) groups excluding carboxylic acids is 1. The summed E-state index contributed by atoms with van der Waals surface area (Å²) in [5.74, 6) is 0.699. The average molecular weight is 522 g/mol. The first-order chi connectivity index (χ1) is 18.1.